The van der Waals surface area contributed by atoms with Gasteiger partial charge in [0, 0.05) is 5.69 Å². The summed E-state index contributed by atoms with van der Waals surface area (Å²) in [6.45, 7) is 6.57. The molecule has 144 valence electrons. The maximum Gasteiger partial charge on any atom is 0.275 e. The lowest BCUT2D eigenvalue weighted by atomic mass is 10.0. The van der Waals surface area contributed by atoms with Crippen molar-refractivity contribution in [2.75, 3.05) is 37.6 Å². The highest BCUT2D eigenvalue weighted by atomic mass is 16.2. The fourth-order valence-corrected chi connectivity index (χ4v) is 3.98. The van der Waals surface area contributed by atoms with Crippen molar-refractivity contribution in [1.82, 2.24) is 5.32 Å². The Morgan fingerprint density at radius 1 is 0.964 bits per heavy atom. The fourth-order valence-electron chi connectivity index (χ4n) is 3.98. The van der Waals surface area contributed by atoms with Crippen molar-refractivity contribution >= 4 is 22.4 Å². The Balaban J connectivity index is 1.29. The number of benzene rings is 3. The average molecular weight is 375 g/mol. The number of carbonyl (C=O) groups is 1. The van der Waals surface area contributed by atoms with Crippen molar-refractivity contribution in [3.8, 4) is 0 Å². The molecule has 1 aliphatic rings. The Bertz CT molecular complexity index is 933. The van der Waals surface area contributed by atoms with Crippen LogP contribution in [0.3, 0.4) is 0 Å². The highest BCUT2D eigenvalue weighted by Gasteiger charge is 2.23. The fraction of sp³-hybridized carbons (Fsp3) is 0.292. The van der Waals surface area contributed by atoms with Gasteiger partial charge in [-0.25, -0.2) is 0 Å². The van der Waals surface area contributed by atoms with Crippen molar-refractivity contribution in [2.24, 2.45) is 0 Å². The minimum absolute atomic E-state index is 0.0158. The third-order valence-electron chi connectivity index (χ3n) is 5.65. The molecule has 2 N–H and O–H groups in total. The van der Waals surface area contributed by atoms with Gasteiger partial charge in [-0.1, -0.05) is 54.6 Å². The maximum absolute atomic E-state index is 12.6. The van der Waals surface area contributed by atoms with E-state index in [1.54, 1.807) is 0 Å². The molecule has 0 saturated carbocycles. The second kappa shape index (κ2) is 8.44. The second-order valence-corrected chi connectivity index (χ2v) is 7.65. The van der Waals surface area contributed by atoms with Gasteiger partial charge in [0.05, 0.1) is 32.2 Å². The van der Waals surface area contributed by atoms with Gasteiger partial charge >= 0.3 is 0 Å². The molecule has 0 radical (unpaired) electrons. The zero-order valence-corrected chi connectivity index (χ0v) is 16.4. The van der Waals surface area contributed by atoms with Crippen LogP contribution in [-0.4, -0.2) is 38.6 Å². The smallest absolute Gasteiger partial charge is 0.275 e. The molecule has 0 spiro atoms. The number of rotatable bonds is 5. The zero-order chi connectivity index (χ0) is 19.3. The monoisotopic (exact) mass is 374 g/mol. The molecular weight excluding hydrogens is 346 g/mol. The topological polar surface area (TPSA) is 36.8 Å². The van der Waals surface area contributed by atoms with E-state index >= 15 is 0 Å². The van der Waals surface area contributed by atoms with Gasteiger partial charge in [-0.05, 0) is 41.5 Å². The largest absolute Gasteiger partial charge is 0.360 e. The summed E-state index contributed by atoms with van der Waals surface area (Å²) in [4.78, 5) is 16.3. The molecule has 28 heavy (non-hydrogen) atoms. The number of piperazine rings is 1. The number of quaternary nitrogens is 1. The van der Waals surface area contributed by atoms with E-state index in [1.807, 2.05) is 18.2 Å². The van der Waals surface area contributed by atoms with Crippen LogP contribution in [0.5, 0.6) is 0 Å². The van der Waals surface area contributed by atoms with Crippen molar-refractivity contribution in [3.05, 3.63) is 78.4 Å². The van der Waals surface area contributed by atoms with Crippen molar-refractivity contribution in [1.29, 1.82) is 0 Å². The van der Waals surface area contributed by atoms with E-state index in [1.165, 1.54) is 21.4 Å². The van der Waals surface area contributed by atoms with Crippen molar-refractivity contribution in [3.63, 3.8) is 0 Å². The van der Waals surface area contributed by atoms with E-state index in [0.717, 1.165) is 31.7 Å². The summed E-state index contributed by atoms with van der Waals surface area (Å²) < 4.78 is 0. The van der Waals surface area contributed by atoms with Gasteiger partial charge in [0.2, 0.25) is 0 Å². The van der Waals surface area contributed by atoms with Gasteiger partial charge in [0.25, 0.3) is 5.91 Å². The number of para-hydroxylation sites is 1. The number of nitrogens with zero attached hydrogens (tertiary/aromatic N) is 1. The normalized spacial score (nSPS) is 16.1. The van der Waals surface area contributed by atoms with Gasteiger partial charge in [-0.2, -0.15) is 0 Å². The Morgan fingerprint density at radius 2 is 1.64 bits per heavy atom. The number of nitrogens with one attached hydrogen (secondary N) is 2. The van der Waals surface area contributed by atoms with Crippen LogP contribution >= 0.6 is 0 Å². The quantitative estimate of drug-likeness (QED) is 0.720. The molecular formula is C24H28N3O+. The SMILES string of the molecule is C[C@@H](NC(=O)C[NH+]1CCN(c2ccccc2)CC1)c1ccc2ccccc2c1. The summed E-state index contributed by atoms with van der Waals surface area (Å²) in [6.07, 6.45) is 0. The molecule has 1 aliphatic heterocycles. The van der Waals surface area contributed by atoms with Gasteiger partial charge in [-0.3, -0.25) is 4.79 Å². The predicted molar refractivity (Wildman–Crippen MR) is 115 cm³/mol. The standard InChI is InChI=1S/C24H27N3O/c1-19(21-12-11-20-7-5-6-8-22(20)17-21)25-24(28)18-26-13-15-27(16-14-26)23-9-3-2-4-10-23/h2-12,17,19H,13-16,18H2,1H3,(H,25,28)/p+1/t19-/m1/s1. The lowest BCUT2D eigenvalue weighted by molar-refractivity contribution is -0.892. The molecule has 0 aliphatic carbocycles. The Labute approximate surface area is 166 Å². The molecule has 3 aromatic rings. The molecule has 4 rings (SSSR count). The molecule has 1 amide bonds. The zero-order valence-electron chi connectivity index (χ0n) is 16.4. The molecule has 1 fully saturated rings. The summed E-state index contributed by atoms with van der Waals surface area (Å²) in [5.74, 6) is 0.129. The summed E-state index contributed by atoms with van der Waals surface area (Å²) in [7, 11) is 0. The minimum Gasteiger partial charge on any atom is -0.360 e. The molecule has 1 atom stereocenters. The van der Waals surface area contributed by atoms with Crippen LogP contribution < -0.4 is 15.1 Å². The van der Waals surface area contributed by atoms with Crippen LogP contribution in [0.25, 0.3) is 10.8 Å². The minimum atomic E-state index is 0.0158. The molecule has 4 heteroatoms. The van der Waals surface area contributed by atoms with E-state index in [-0.39, 0.29) is 11.9 Å². The van der Waals surface area contributed by atoms with Crippen LogP contribution in [0.15, 0.2) is 72.8 Å². The molecule has 1 saturated heterocycles. The van der Waals surface area contributed by atoms with E-state index in [9.17, 15) is 4.79 Å². The number of amides is 1. The first-order valence-corrected chi connectivity index (χ1v) is 10.1. The molecule has 0 bridgehead atoms. The van der Waals surface area contributed by atoms with E-state index in [4.69, 9.17) is 0 Å². The Morgan fingerprint density at radius 3 is 2.39 bits per heavy atom. The molecule has 1 heterocycles. The third-order valence-corrected chi connectivity index (χ3v) is 5.65. The number of fused-ring (bicyclic) bond motifs is 1. The first kappa shape index (κ1) is 18.5. The summed E-state index contributed by atoms with van der Waals surface area (Å²) in [5.41, 5.74) is 2.42. The number of anilines is 1. The molecule has 3 aromatic carbocycles. The lowest BCUT2D eigenvalue weighted by Gasteiger charge is -2.33. The number of hydrogen-bond donors (Lipinski definition) is 2. The average Bonchev–Trinajstić information content (AvgIpc) is 2.74. The van der Waals surface area contributed by atoms with Gasteiger partial charge < -0.3 is 15.1 Å². The van der Waals surface area contributed by atoms with Crippen LogP contribution in [0.1, 0.15) is 18.5 Å². The summed E-state index contributed by atoms with van der Waals surface area (Å²) in [6, 6.07) is 25.3. The van der Waals surface area contributed by atoms with E-state index in [0.29, 0.717) is 6.54 Å². The molecule has 4 nitrogen and oxygen atoms in total. The highest BCUT2D eigenvalue weighted by Crippen LogP contribution is 2.20. The lowest BCUT2D eigenvalue weighted by Crippen LogP contribution is -3.15. The van der Waals surface area contributed by atoms with Crippen LogP contribution in [0, 0.1) is 0 Å². The Kier molecular flexibility index (Phi) is 5.58. The molecule has 0 unspecified atom stereocenters. The second-order valence-electron chi connectivity index (χ2n) is 7.65. The van der Waals surface area contributed by atoms with E-state index in [2.05, 4.69) is 71.7 Å². The first-order chi connectivity index (χ1) is 13.7. The first-order valence-electron chi connectivity index (χ1n) is 10.1. The Hall–Kier alpha value is -2.85. The summed E-state index contributed by atoms with van der Waals surface area (Å²) >= 11 is 0. The highest BCUT2D eigenvalue weighted by molar-refractivity contribution is 5.83. The number of carbonyl (C=O) groups excluding carboxylic acids is 1. The van der Waals surface area contributed by atoms with Crippen LogP contribution in [0.4, 0.5) is 5.69 Å². The maximum atomic E-state index is 12.6. The van der Waals surface area contributed by atoms with Gasteiger partial charge in [0.1, 0.15) is 0 Å². The van der Waals surface area contributed by atoms with Crippen LogP contribution in [0.2, 0.25) is 0 Å². The van der Waals surface area contributed by atoms with Crippen LogP contribution in [-0.2, 0) is 4.79 Å². The summed E-state index contributed by atoms with van der Waals surface area (Å²) in [5, 5.41) is 5.62. The van der Waals surface area contributed by atoms with Gasteiger partial charge in [0.15, 0.2) is 6.54 Å². The van der Waals surface area contributed by atoms with Gasteiger partial charge in [-0.15, -0.1) is 0 Å². The molecule has 0 aromatic heterocycles. The van der Waals surface area contributed by atoms with Crippen molar-refractivity contribution < 1.29 is 9.69 Å². The van der Waals surface area contributed by atoms with Crippen molar-refractivity contribution in [2.45, 2.75) is 13.0 Å². The van der Waals surface area contributed by atoms with E-state index < -0.39 is 0 Å². The predicted octanol–water partition coefficient (Wildman–Crippen LogP) is 2.42. The number of hydrogen-bond acceptors (Lipinski definition) is 2. The third kappa shape index (κ3) is 4.34.